The highest BCUT2D eigenvalue weighted by Gasteiger charge is 2.45. The van der Waals surface area contributed by atoms with Crippen molar-refractivity contribution in [2.24, 2.45) is 5.92 Å². The number of benzene rings is 1. The maximum absolute atomic E-state index is 12.5. The number of hydrogen-bond donors (Lipinski definition) is 1. The predicted octanol–water partition coefficient (Wildman–Crippen LogP) is 4.57. The molecule has 0 aliphatic carbocycles. The zero-order valence-electron chi connectivity index (χ0n) is 18.3. The summed E-state index contributed by atoms with van der Waals surface area (Å²) in [7, 11) is 0. The van der Waals surface area contributed by atoms with Crippen LogP contribution in [0.5, 0.6) is 0 Å². The third-order valence-electron chi connectivity index (χ3n) is 8.28. The van der Waals surface area contributed by atoms with E-state index in [0.29, 0.717) is 23.4 Å². The Morgan fingerprint density at radius 2 is 1.93 bits per heavy atom. The van der Waals surface area contributed by atoms with E-state index in [0.717, 1.165) is 25.3 Å². The van der Waals surface area contributed by atoms with E-state index >= 15 is 0 Å². The Morgan fingerprint density at radius 3 is 2.62 bits per heavy atom. The van der Waals surface area contributed by atoms with Crippen molar-refractivity contribution in [1.82, 2.24) is 9.80 Å². The van der Waals surface area contributed by atoms with E-state index in [1.165, 1.54) is 69.4 Å². The number of piperidine rings is 2. The molecule has 4 nitrogen and oxygen atoms in total. The van der Waals surface area contributed by atoms with Gasteiger partial charge >= 0.3 is 0 Å². The average Bonchev–Trinajstić information content (AvgIpc) is 3.19. The largest absolute Gasteiger partial charge is 0.384 e. The molecule has 4 heterocycles. The standard InChI is InChI=1S/C25H37N3O.H2/c1-3-4-24(29)28-20-6-7-21(28)15-19(14-20)16-27-11-9-25(10-12-27)17-26-23-8-5-18(2)13-22(23)25;/h5,8,13,19-21,26H,3-4,6-7,9-12,14-17H2,1-2H3;1H. The van der Waals surface area contributed by atoms with Gasteiger partial charge in [-0.2, -0.15) is 0 Å². The predicted molar refractivity (Wildman–Crippen MR) is 120 cm³/mol. The molecule has 2 atom stereocenters. The molecule has 4 aliphatic heterocycles. The van der Waals surface area contributed by atoms with Gasteiger partial charge in [-0.15, -0.1) is 0 Å². The first-order valence-corrected chi connectivity index (χ1v) is 12.0. The molecule has 29 heavy (non-hydrogen) atoms. The molecule has 3 fully saturated rings. The molecular formula is C25H39N3O. The highest BCUT2D eigenvalue weighted by Crippen LogP contribution is 2.45. The van der Waals surface area contributed by atoms with Gasteiger partial charge in [-0.3, -0.25) is 4.79 Å². The van der Waals surface area contributed by atoms with Crippen LogP contribution in [0.3, 0.4) is 0 Å². The Hall–Kier alpha value is -1.55. The SMILES string of the molecule is CCCC(=O)N1C2CCC1CC(CN1CCC3(CC1)CNc1ccc(C)cc13)C2.[HH]. The third kappa shape index (κ3) is 3.48. The van der Waals surface area contributed by atoms with Crippen LogP contribution >= 0.6 is 0 Å². The van der Waals surface area contributed by atoms with Crippen molar-refractivity contribution in [3.05, 3.63) is 29.3 Å². The van der Waals surface area contributed by atoms with Crippen LogP contribution in [0.2, 0.25) is 0 Å². The maximum atomic E-state index is 12.5. The van der Waals surface area contributed by atoms with E-state index in [2.05, 4.69) is 47.2 Å². The molecule has 0 saturated carbocycles. The Balaban J connectivity index is 0.00000218. The summed E-state index contributed by atoms with van der Waals surface area (Å²) in [5.41, 5.74) is 4.67. The van der Waals surface area contributed by atoms with Crippen molar-refractivity contribution in [2.75, 3.05) is 31.5 Å². The summed E-state index contributed by atoms with van der Waals surface area (Å²) in [6, 6.07) is 7.98. The second-order valence-electron chi connectivity index (χ2n) is 10.3. The lowest BCUT2D eigenvalue weighted by atomic mass is 9.73. The first-order chi connectivity index (χ1) is 14.1. The fourth-order valence-corrected chi connectivity index (χ4v) is 6.77. The van der Waals surface area contributed by atoms with Crippen LogP contribution in [0.4, 0.5) is 5.69 Å². The lowest BCUT2D eigenvalue weighted by Gasteiger charge is -2.44. The van der Waals surface area contributed by atoms with E-state index in [-0.39, 0.29) is 1.43 Å². The average molecular weight is 398 g/mol. The Kier molecular flexibility index (Phi) is 5.09. The van der Waals surface area contributed by atoms with Crippen molar-refractivity contribution < 1.29 is 6.22 Å². The molecule has 1 spiro atoms. The summed E-state index contributed by atoms with van der Waals surface area (Å²) in [6.07, 6.45) is 9.21. The number of fused-ring (bicyclic) bond motifs is 4. The minimum absolute atomic E-state index is 0. The number of aryl methyl sites for hydroxylation is 1. The fraction of sp³-hybridized carbons (Fsp3) is 0.720. The Morgan fingerprint density at radius 1 is 1.21 bits per heavy atom. The number of anilines is 1. The van der Waals surface area contributed by atoms with E-state index in [4.69, 9.17) is 0 Å². The number of carbonyl (C=O) groups excluding carboxylic acids is 1. The molecule has 4 aliphatic rings. The van der Waals surface area contributed by atoms with Crippen LogP contribution < -0.4 is 5.32 Å². The molecule has 4 heteroatoms. The molecule has 2 unspecified atom stereocenters. The van der Waals surface area contributed by atoms with E-state index < -0.39 is 0 Å². The van der Waals surface area contributed by atoms with Crippen LogP contribution in [-0.2, 0) is 10.2 Å². The summed E-state index contributed by atoms with van der Waals surface area (Å²) in [4.78, 5) is 17.5. The van der Waals surface area contributed by atoms with Crippen molar-refractivity contribution in [3.63, 3.8) is 0 Å². The van der Waals surface area contributed by atoms with E-state index in [1.54, 1.807) is 5.56 Å². The highest BCUT2D eigenvalue weighted by molar-refractivity contribution is 5.77. The topological polar surface area (TPSA) is 35.6 Å². The lowest BCUT2D eigenvalue weighted by molar-refractivity contribution is -0.136. The molecule has 0 aromatic heterocycles. The minimum atomic E-state index is 0. The van der Waals surface area contributed by atoms with Crippen LogP contribution in [0.25, 0.3) is 0 Å². The first kappa shape index (κ1) is 19.4. The van der Waals surface area contributed by atoms with Gasteiger partial charge in [-0.1, -0.05) is 24.6 Å². The fourth-order valence-electron chi connectivity index (χ4n) is 6.77. The number of nitrogens with zero attached hydrogens (tertiary/aromatic N) is 2. The van der Waals surface area contributed by atoms with Crippen LogP contribution in [-0.4, -0.2) is 54.0 Å². The van der Waals surface area contributed by atoms with Gasteiger partial charge in [-0.05, 0) is 82.5 Å². The summed E-state index contributed by atoms with van der Waals surface area (Å²) >= 11 is 0. The summed E-state index contributed by atoms with van der Waals surface area (Å²) in [5, 5.41) is 3.67. The van der Waals surface area contributed by atoms with Crippen molar-refractivity contribution in [3.8, 4) is 0 Å². The van der Waals surface area contributed by atoms with E-state index in [1.807, 2.05) is 0 Å². The van der Waals surface area contributed by atoms with Gasteiger partial charge in [0.2, 0.25) is 5.91 Å². The smallest absolute Gasteiger partial charge is 0.223 e. The molecule has 3 saturated heterocycles. The Bertz CT molecular complexity index is 760. The monoisotopic (exact) mass is 397 g/mol. The minimum Gasteiger partial charge on any atom is -0.384 e. The molecule has 0 radical (unpaired) electrons. The summed E-state index contributed by atoms with van der Waals surface area (Å²) in [5.74, 6) is 1.20. The van der Waals surface area contributed by atoms with Gasteiger partial charge in [0.05, 0.1) is 0 Å². The lowest BCUT2D eigenvalue weighted by Crippen LogP contribution is -2.50. The number of rotatable bonds is 4. The van der Waals surface area contributed by atoms with Gasteiger partial charge in [-0.25, -0.2) is 0 Å². The number of carbonyl (C=O) groups is 1. The van der Waals surface area contributed by atoms with Crippen molar-refractivity contribution in [1.29, 1.82) is 0 Å². The van der Waals surface area contributed by atoms with Crippen LogP contribution in [0.15, 0.2) is 18.2 Å². The molecule has 5 rings (SSSR count). The van der Waals surface area contributed by atoms with Gasteiger partial charge in [0.1, 0.15) is 0 Å². The molecule has 160 valence electrons. The maximum Gasteiger partial charge on any atom is 0.223 e. The summed E-state index contributed by atoms with van der Waals surface area (Å²) < 4.78 is 0. The molecule has 1 aromatic carbocycles. The van der Waals surface area contributed by atoms with Crippen molar-refractivity contribution in [2.45, 2.75) is 82.7 Å². The van der Waals surface area contributed by atoms with Gasteiger partial charge in [0.25, 0.3) is 0 Å². The van der Waals surface area contributed by atoms with Crippen LogP contribution in [0.1, 0.15) is 70.8 Å². The quantitative estimate of drug-likeness (QED) is 0.808. The molecule has 1 aromatic rings. The van der Waals surface area contributed by atoms with Gasteiger partial charge in [0, 0.05) is 44.1 Å². The second-order valence-corrected chi connectivity index (χ2v) is 10.3. The molecular weight excluding hydrogens is 358 g/mol. The Labute approximate surface area is 177 Å². The number of likely N-dealkylation sites (tertiary alicyclic amines) is 1. The number of amides is 1. The normalized spacial score (nSPS) is 30.4. The number of hydrogen-bond acceptors (Lipinski definition) is 3. The van der Waals surface area contributed by atoms with Gasteiger partial charge in [0.15, 0.2) is 0 Å². The highest BCUT2D eigenvalue weighted by atomic mass is 16.2. The zero-order valence-corrected chi connectivity index (χ0v) is 18.3. The van der Waals surface area contributed by atoms with Gasteiger partial charge < -0.3 is 15.1 Å². The molecule has 1 N–H and O–H groups in total. The summed E-state index contributed by atoms with van der Waals surface area (Å²) in [6.45, 7) is 9.13. The van der Waals surface area contributed by atoms with Crippen LogP contribution in [0, 0.1) is 12.8 Å². The zero-order chi connectivity index (χ0) is 20.0. The van der Waals surface area contributed by atoms with E-state index in [9.17, 15) is 4.79 Å². The second kappa shape index (κ2) is 7.61. The van der Waals surface area contributed by atoms with Crippen molar-refractivity contribution >= 4 is 11.6 Å². The first-order valence-electron chi connectivity index (χ1n) is 12.0. The third-order valence-corrected chi connectivity index (χ3v) is 8.28. The number of nitrogens with one attached hydrogen (secondary N) is 1. The molecule has 1 amide bonds. The molecule has 2 bridgehead atoms.